The Kier molecular flexibility index (Phi) is 5.11. The minimum atomic E-state index is -3.76. The van der Waals surface area contributed by atoms with E-state index in [4.69, 9.17) is 0 Å². The lowest BCUT2D eigenvalue weighted by Crippen LogP contribution is -2.49. The number of aryl methyl sites for hydroxylation is 1. The van der Waals surface area contributed by atoms with Crippen LogP contribution in [0.2, 0.25) is 0 Å². The molecule has 2 atom stereocenters. The Bertz CT molecular complexity index is 1030. The molecular weight excluding hydrogens is 385 g/mol. The van der Waals surface area contributed by atoms with Crippen molar-refractivity contribution in [2.45, 2.75) is 74.0 Å². The summed E-state index contributed by atoms with van der Waals surface area (Å²) in [5, 5.41) is 3.42. The first-order chi connectivity index (χ1) is 13.7. The number of rotatable bonds is 5. The van der Waals surface area contributed by atoms with Crippen LogP contribution >= 0.6 is 0 Å². The van der Waals surface area contributed by atoms with Crippen molar-refractivity contribution < 1.29 is 12.8 Å². The van der Waals surface area contributed by atoms with Gasteiger partial charge in [0.15, 0.2) is 9.84 Å². The van der Waals surface area contributed by atoms with Gasteiger partial charge >= 0.3 is 0 Å². The van der Waals surface area contributed by atoms with Crippen LogP contribution in [0.15, 0.2) is 47.4 Å². The molecule has 1 heterocycles. The second-order valence-electron chi connectivity index (χ2n) is 9.15. The molecule has 0 radical (unpaired) electrons. The number of hydrogen-bond donors (Lipinski definition) is 1. The molecule has 2 aromatic carbocycles. The van der Waals surface area contributed by atoms with Gasteiger partial charge in [-0.05, 0) is 72.5 Å². The van der Waals surface area contributed by atoms with Crippen molar-refractivity contribution in [2.75, 3.05) is 6.54 Å². The molecule has 2 aromatic rings. The molecule has 1 aliphatic carbocycles. The van der Waals surface area contributed by atoms with Crippen molar-refractivity contribution in [2.24, 2.45) is 0 Å². The smallest absolute Gasteiger partial charge is 0.189 e. The number of benzene rings is 2. The molecule has 0 aromatic heterocycles. The SMILES string of the molecule is CCCC(C)(C)c1ccc2c(c1)CCC1NCCC21S(=O)(=O)c1cccc(F)c1. The van der Waals surface area contributed by atoms with Gasteiger partial charge in [-0.2, -0.15) is 0 Å². The van der Waals surface area contributed by atoms with Gasteiger partial charge in [0.25, 0.3) is 0 Å². The fourth-order valence-corrected chi connectivity index (χ4v) is 7.82. The first-order valence-corrected chi connectivity index (χ1v) is 12.1. The van der Waals surface area contributed by atoms with Crippen LogP contribution < -0.4 is 5.32 Å². The van der Waals surface area contributed by atoms with E-state index < -0.39 is 20.4 Å². The molecule has 156 valence electrons. The average Bonchev–Trinajstić information content (AvgIpc) is 3.13. The minimum absolute atomic E-state index is 0.0587. The Balaban J connectivity index is 1.88. The second kappa shape index (κ2) is 7.21. The third-order valence-corrected chi connectivity index (χ3v) is 9.50. The molecule has 2 aliphatic rings. The second-order valence-corrected chi connectivity index (χ2v) is 11.4. The summed E-state index contributed by atoms with van der Waals surface area (Å²) in [6.45, 7) is 7.34. The molecule has 1 aliphatic heterocycles. The quantitative estimate of drug-likeness (QED) is 0.757. The topological polar surface area (TPSA) is 46.2 Å². The number of halogens is 1. The van der Waals surface area contributed by atoms with Crippen LogP contribution in [0.3, 0.4) is 0 Å². The van der Waals surface area contributed by atoms with Gasteiger partial charge in [0.2, 0.25) is 0 Å². The van der Waals surface area contributed by atoms with E-state index in [2.05, 4.69) is 38.2 Å². The van der Waals surface area contributed by atoms with Crippen molar-refractivity contribution in [3.05, 3.63) is 65.0 Å². The fraction of sp³-hybridized carbons (Fsp3) is 0.500. The van der Waals surface area contributed by atoms with Crippen molar-refractivity contribution in [3.8, 4) is 0 Å². The molecule has 0 spiro atoms. The number of nitrogens with one attached hydrogen (secondary N) is 1. The van der Waals surface area contributed by atoms with E-state index in [0.29, 0.717) is 13.0 Å². The Morgan fingerprint density at radius 3 is 2.72 bits per heavy atom. The largest absolute Gasteiger partial charge is 0.312 e. The molecule has 3 nitrogen and oxygen atoms in total. The molecule has 1 saturated heterocycles. The van der Waals surface area contributed by atoms with Gasteiger partial charge in [-0.15, -0.1) is 0 Å². The van der Waals surface area contributed by atoms with Crippen LogP contribution in [0.5, 0.6) is 0 Å². The summed E-state index contributed by atoms with van der Waals surface area (Å²) in [6.07, 6.45) is 4.35. The maximum atomic E-state index is 13.9. The van der Waals surface area contributed by atoms with Gasteiger partial charge < -0.3 is 5.32 Å². The summed E-state index contributed by atoms with van der Waals surface area (Å²) in [6, 6.07) is 11.7. The lowest BCUT2D eigenvalue weighted by molar-refractivity contribution is 0.413. The van der Waals surface area contributed by atoms with E-state index in [1.807, 2.05) is 6.07 Å². The minimum Gasteiger partial charge on any atom is -0.312 e. The number of fused-ring (bicyclic) bond motifs is 3. The van der Waals surface area contributed by atoms with E-state index >= 15 is 0 Å². The molecule has 5 heteroatoms. The average molecular weight is 416 g/mol. The van der Waals surface area contributed by atoms with Crippen LogP contribution in [0, 0.1) is 5.82 Å². The summed E-state index contributed by atoms with van der Waals surface area (Å²) in [7, 11) is -3.76. The predicted molar refractivity (Wildman–Crippen MR) is 114 cm³/mol. The van der Waals surface area contributed by atoms with E-state index in [0.717, 1.165) is 42.9 Å². The van der Waals surface area contributed by atoms with Gasteiger partial charge in [0, 0.05) is 6.04 Å². The summed E-state index contributed by atoms with van der Waals surface area (Å²) in [5.41, 5.74) is 3.36. The summed E-state index contributed by atoms with van der Waals surface area (Å²) in [4.78, 5) is 0.0782. The predicted octanol–water partition coefficient (Wildman–Crippen LogP) is 4.88. The van der Waals surface area contributed by atoms with E-state index in [9.17, 15) is 12.8 Å². The highest BCUT2D eigenvalue weighted by atomic mass is 32.2. The highest BCUT2D eigenvalue weighted by molar-refractivity contribution is 7.92. The lowest BCUT2D eigenvalue weighted by Gasteiger charge is -2.41. The summed E-state index contributed by atoms with van der Waals surface area (Å²) >= 11 is 0. The Morgan fingerprint density at radius 2 is 2.00 bits per heavy atom. The van der Waals surface area contributed by atoms with Crippen molar-refractivity contribution >= 4 is 9.84 Å². The van der Waals surface area contributed by atoms with Gasteiger partial charge in [-0.1, -0.05) is 51.5 Å². The zero-order chi connectivity index (χ0) is 20.9. The van der Waals surface area contributed by atoms with Crippen LogP contribution in [0.1, 0.15) is 63.1 Å². The standard InChI is InChI=1S/C24H30FNO2S/c1-4-12-23(2,3)18-9-10-21-17(15-18)8-11-22-24(21,13-14-26-22)29(27,28)20-7-5-6-19(25)16-20/h5-7,9-10,15-16,22,26H,4,8,11-14H2,1-3H3. The molecule has 0 bridgehead atoms. The molecular formula is C24H30FNO2S. The van der Waals surface area contributed by atoms with E-state index in [1.165, 1.54) is 23.8 Å². The van der Waals surface area contributed by atoms with E-state index in [-0.39, 0.29) is 16.4 Å². The molecule has 0 saturated carbocycles. The molecule has 1 fully saturated rings. The first kappa shape index (κ1) is 20.5. The molecule has 1 N–H and O–H groups in total. The molecule has 29 heavy (non-hydrogen) atoms. The van der Waals surface area contributed by atoms with E-state index in [1.54, 1.807) is 0 Å². The van der Waals surface area contributed by atoms with Crippen LogP contribution in [0.4, 0.5) is 4.39 Å². The van der Waals surface area contributed by atoms with Crippen LogP contribution in [-0.4, -0.2) is 21.0 Å². The van der Waals surface area contributed by atoms with Gasteiger partial charge in [0.05, 0.1) is 4.90 Å². The molecule has 4 rings (SSSR count). The Morgan fingerprint density at radius 1 is 1.21 bits per heavy atom. The van der Waals surface area contributed by atoms with Gasteiger partial charge in [0.1, 0.15) is 10.6 Å². The monoisotopic (exact) mass is 415 g/mol. The Hall–Kier alpha value is -1.72. The molecule has 0 amide bonds. The third kappa shape index (κ3) is 3.14. The maximum absolute atomic E-state index is 13.9. The number of sulfone groups is 1. The highest BCUT2D eigenvalue weighted by Crippen LogP contribution is 2.50. The third-order valence-electron chi connectivity index (χ3n) is 6.96. The zero-order valence-corrected chi connectivity index (χ0v) is 18.3. The molecule has 2 unspecified atom stereocenters. The lowest BCUT2D eigenvalue weighted by atomic mass is 9.74. The van der Waals surface area contributed by atoms with Gasteiger partial charge in [-0.25, -0.2) is 12.8 Å². The Labute approximate surface area is 173 Å². The van der Waals surface area contributed by atoms with Crippen LogP contribution in [-0.2, 0) is 26.4 Å². The van der Waals surface area contributed by atoms with Crippen LogP contribution in [0.25, 0.3) is 0 Å². The number of hydrogen-bond acceptors (Lipinski definition) is 3. The maximum Gasteiger partial charge on any atom is 0.189 e. The first-order valence-electron chi connectivity index (χ1n) is 10.6. The zero-order valence-electron chi connectivity index (χ0n) is 17.5. The summed E-state index contributed by atoms with van der Waals surface area (Å²) < 4.78 is 40.6. The fourth-order valence-electron chi connectivity index (χ4n) is 5.44. The summed E-state index contributed by atoms with van der Waals surface area (Å²) in [5.74, 6) is -0.516. The van der Waals surface area contributed by atoms with Crippen molar-refractivity contribution in [1.29, 1.82) is 0 Å². The van der Waals surface area contributed by atoms with Crippen molar-refractivity contribution in [3.63, 3.8) is 0 Å². The van der Waals surface area contributed by atoms with Gasteiger partial charge in [-0.3, -0.25) is 0 Å². The van der Waals surface area contributed by atoms with Crippen molar-refractivity contribution in [1.82, 2.24) is 5.32 Å². The normalized spacial score (nSPS) is 24.2. The highest BCUT2D eigenvalue weighted by Gasteiger charge is 2.57.